The molecule has 1 fully saturated rings. The summed E-state index contributed by atoms with van der Waals surface area (Å²) in [6, 6.07) is 0. The molecule has 2 unspecified atom stereocenters. The molecule has 0 aliphatic carbocycles. The first-order valence-electron chi connectivity index (χ1n) is 7.05. The molecule has 1 rings (SSSR count). The minimum Gasteiger partial charge on any atom is -0.378 e. The average Bonchev–Trinajstić information content (AvgIpc) is 2.71. The van der Waals surface area contributed by atoms with Gasteiger partial charge in [-0.1, -0.05) is 6.92 Å². The number of rotatable bonds is 6. The molecule has 0 radical (unpaired) electrons. The van der Waals surface area contributed by atoms with Gasteiger partial charge in [0.25, 0.3) is 0 Å². The number of ether oxygens (including phenoxy) is 1. The lowest BCUT2D eigenvalue weighted by atomic mass is 10.00. The van der Waals surface area contributed by atoms with Crippen molar-refractivity contribution in [1.29, 1.82) is 0 Å². The number of nitrogens with one attached hydrogen (secondary N) is 2. The number of amides is 1. The summed E-state index contributed by atoms with van der Waals surface area (Å²) in [5, 5.41) is 6.33. The molecular weight excluding hydrogens is 228 g/mol. The van der Waals surface area contributed by atoms with Crippen LogP contribution in [0.2, 0.25) is 0 Å². The molecule has 4 heteroatoms. The maximum absolute atomic E-state index is 11.7. The van der Waals surface area contributed by atoms with E-state index >= 15 is 0 Å². The molecule has 2 N–H and O–H groups in total. The summed E-state index contributed by atoms with van der Waals surface area (Å²) in [5.74, 6) is 0.628. The van der Waals surface area contributed by atoms with Crippen LogP contribution in [-0.4, -0.2) is 37.2 Å². The Morgan fingerprint density at radius 1 is 1.39 bits per heavy atom. The van der Waals surface area contributed by atoms with Crippen LogP contribution in [0.4, 0.5) is 0 Å². The summed E-state index contributed by atoms with van der Waals surface area (Å²) in [6.07, 6.45) is 2.98. The number of carbonyl (C=O) groups is 1. The summed E-state index contributed by atoms with van der Waals surface area (Å²) in [6.45, 7) is 10.8. The molecule has 0 bridgehead atoms. The van der Waals surface area contributed by atoms with Crippen LogP contribution in [0.25, 0.3) is 0 Å². The number of hydrogen-bond donors (Lipinski definition) is 2. The molecule has 1 aliphatic heterocycles. The normalized spacial score (nSPS) is 24.2. The van der Waals surface area contributed by atoms with Gasteiger partial charge in [0.05, 0.1) is 6.10 Å². The second-order valence-electron chi connectivity index (χ2n) is 6.10. The fourth-order valence-corrected chi connectivity index (χ4v) is 2.26. The Morgan fingerprint density at radius 2 is 2.11 bits per heavy atom. The van der Waals surface area contributed by atoms with E-state index in [0.717, 1.165) is 32.5 Å². The largest absolute Gasteiger partial charge is 0.378 e. The highest BCUT2D eigenvalue weighted by Gasteiger charge is 2.26. The number of carbonyl (C=O) groups excluding carboxylic acids is 1. The smallest absolute Gasteiger partial charge is 0.221 e. The van der Waals surface area contributed by atoms with E-state index in [9.17, 15) is 4.79 Å². The van der Waals surface area contributed by atoms with Crippen LogP contribution in [-0.2, 0) is 9.53 Å². The SMILES string of the molecule is CCC1OCCC1CNC(=O)CCNC(C)(C)C. The molecule has 0 aromatic carbocycles. The Morgan fingerprint density at radius 3 is 2.72 bits per heavy atom. The van der Waals surface area contributed by atoms with Gasteiger partial charge in [-0.2, -0.15) is 0 Å². The van der Waals surface area contributed by atoms with Crippen LogP contribution in [0.5, 0.6) is 0 Å². The van der Waals surface area contributed by atoms with Gasteiger partial charge in [-0.3, -0.25) is 4.79 Å². The highest BCUT2D eigenvalue weighted by molar-refractivity contribution is 5.76. The fourth-order valence-electron chi connectivity index (χ4n) is 2.26. The summed E-state index contributed by atoms with van der Waals surface area (Å²) in [5.41, 5.74) is 0.0763. The van der Waals surface area contributed by atoms with Crippen molar-refractivity contribution < 1.29 is 9.53 Å². The molecule has 0 spiro atoms. The highest BCUT2D eigenvalue weighted by atomic mass is 16.5. The summed E-state index contributed by atoms with van der Waals surface area (Å²) in [7, 11) is 0. The maximum Gasteiger partial charge on any atom is 0.221 e. The summed E-state index contributed by atoms with van der Waals surface area (Å²) < 4.78 is 5.61. The molecule has 0 saturated carbocycles. The molecule has 18 heavy (non-hydrogen) atoms. The van der Waals surface area contributed by atoms with Crippen molar-refractivity contribution in [1.82, 2.24) is 10.6 Å². The lowest BCUT2D eigenvalue weighted by molar-refractivity contribution is -0.121. The molecule has 0 aromatic rings. The van der Waals surface area contributed by atoms with Gasteiger partial charge in [-0.25, -0.2) is 0 Å². The minimum absolute atomic E-state index is 0.0763. The Labute approximate surface area is 111 Å². The molecule has 2 atom stereocenters. The van der Waals surface area contributed by atoms with Crippen LogP contribution in [0, 0.1) is 5.92 Å². The van der Waals surface area contributed by atoms with Crippen LogP contribution in [0.1, 0.15) is 47.0 Å². The van der Waals surface area contributed by atoms with Crippen molar-refractivity contribution in [2.75, 3.05) is 19.7 Å². The third-order valence-corrected chi connectivity index (χ3v) is 3.32. The van der Waals surface area contributed by atoms with E-state index < -0.39 is 0 Å². The Bertz CT molecular complexity index is 261. The van der Waals surface area contributed by atoms with Crippen molar-refractivity contribution in [3.63, 3.8) is 0 Å². The van der Waals surface area contributed by atoms with Gasteiger partial charge in [0.1, 0.15) is 0 Å². The topological polar surface area (TPSA) is 50.4 Å². The van der Waals surface area contributed by atoms with Crippen molar-refractivity contribution >= 4 is 5.91 Å². The average molecular weight is 256 g/mol. The Hall–Kier alpha value is -0.610. The van der Waals surface area contributed by atoms with E-state index in [2.05, 4.69) is 38.3 Å². The van der Waals surface area contributed by atoms with E-state index in [0.29, 0.717) is 18.4 Å². The lowest BCUT2D eigenvalue weighted by Crippen LogP contribution is -2.39. The van der Waals surface area contributed by atoms with Gasteiger partial charge in [-0.05, 0) is 33.6 Å². The van der Waals surface area contributed by atoms with E-state index in [1.807, 2.05) is 0 Å². The predicted molar refractivity (Wildman–Crippen MR) is 73.5 cm³/mol. The van der Waals surface area contributed by atoms with Crippen molar-refractivity contribution in [3.8, 4) is 0 Å². The molecule has 1 amide bonds. The minimum atomic E-state index is 0.0763. The van der Waals surface area contributed by atoms with Crippen LogP contribution in [0.15, 0.2) is 0 Å². The quantitative estimate of drug-likeness (QED) is 0.760. The predicted octanol–water partition coefficient (Wildman–Crippen LogP) is 1.70. The van der Waals surface area contributed by atoms with Crippen molar-refractivity contribution in [2.24, 2.45) is 5.92 Å². The van der Waals surface area contributed by atoms with Crippen LogP contribution < -0.4 is 10.6 Å². The monoisotopic (exact) mass is 256 g/mol. The molecule has 1 saturated heterocycles. The zero-order valence-corrected chi connectivity index (χ0v) is 12.2. The standard InChI is InChI=1S/C14H28N2O2/c1-5-12-11(7-9-18-12)10-15-13(17)6-8-16-14(2,3)4/h11-12,16H,5-10H2,1-4H3,(H,15,17). The van der Waals surface area contributed by atoms with E-state index in [1.54, 1.807) is 0 Å². The van der Waals surface area contributed by atoms with Gasteiger partial charge in [0, 0.05) is 37.6 Å². The summed E-state index contributed by atoms with van der Waals surface area (Å²) >= 11 is 0. The zero-order chi connectivity index (χ0) is 13.6. The van der Waals surface area contributed by atoms with Crippen molar-refractivity contribution in [2.45, 2.75) is 58.6 Å². The first-order valence-corrected chi connectivity index (χ1v) is 7.05. The molecule has 1 heterocycles. The van der Waals surface area contributed by atoms with Gasteiger partial charge in [-0.15, -0.1) is 0 Å². The van der Waals surface area contributed by atoms with Gasteiger partial charge < -0.3 is 15.4 Å². The van der Waals surface area contributed by atoms with Gasteiger partial charge in [0.2, 0.25) is 5.91 Å². The molecule has 4 nitrogen and oxygen atoms in total. The number of hydrogen-bond acceptors (Lipinski definition) is 3. The zero-order valence-electron chi connectivity index (χ0n) is 12.2. The van der Waals surface area contributed by atoms with Gasteiger partial charge >= 0.3 is 0 Å². The second-order valence-corrected chi connectivity index (χ2v) is 6.10. The van der Waals surface area contributed by atoms with E-state index in [4.69, 9.17) is 4.74 Å². The van der Waals surface area contributed by atoms with Crippen LogP contribution in [0.3, 0.4) is 0 Å². The second kappa shape index (κ2) is 7.10. The fraction of sp³-hybridized carbons (Fsp3) is 0.929. The molecule has 0 aromatic heterocycles. The van der Waals surface area contributed by atoms with E-state index in [-0.39, 0.29) is 11.4 Å². The van der Waals surface area contributed by atoms with Crippen LogP contribution >= 0.6 is 0 Å². The molecular formula is C14H28N2O2. The maximum atomic E-state index is 11.7. The summed E-state index contributed by atoms with van der Waals surface area (Å²) in [4.78, 5) is 11.7. The van der Waals surface area contributed by atoms with Crippen molar-refractivity contribution in [3.05, 3.63) is 0 Å². The first-order chi connectivity index (χ1) is 8.42. The van der Waals surface area contributed by atoms with E-state index in [1.165, 1.54) is 0 Å². The first kappa shape index (κ1) is 15.4. The Kier molecular flexibility index (Phi) is 6.09. The third kappa shape index (κ3) is 5.83. The molecule has 1 aliphatic rings. The third-order valence-electron chi connectivity index (χ3n) is 3.32. The highest BCUT2D eigenvalue weighted by Crippen LogP contribution is 2.22. The Balaban J connectivity index is 2.13. The van der Waals surface area contributed by atoms with Gasteiger partial charge in [0.15, 0.2) is 0 Å². The lowest BCUT2D eigenvalue weighted by Gasteiger charge is -2.21. The molecule has 106 valence electrons.